The molecular weight excluding hydrogens is 219 g/mol. The average Bonchev–Trinajstić information content (AvgIpc) is 2.30. The third kappa shape index (κ3) is 4.32. The van der Waals surface area contributed by atoms with Gasteiger partial charge in [0.15, 0.2) is 0 Å². The van der Waals surface area contributed by atoms with Crippen LogP contribution in [0.4, 0.5) is 10.1 Å². The van der Waals surface area contributed by atoms with Gasteiger partial charge in [0.1, 0.15) is 5.82 Å². The highest BCUT2D eigenvalue weighted by atomic mass is 19.1. The number of nitrogens with zero attached hydrogens (tertiary/aromatic N) is 1. The van der Waals surface area contributed by atoms with E-state index in [-0.39, 0.29) is 5.82 Å². The van der Waals surface area contributed by atoms with Gasteiger partial charge in [-0.3, -0.25) is 0 Å². The number of ether oxygens (including phenoxy) is 1. The van der Waals surface area contributed by atoms with Crippen molar-refractivity contribution in [1.29, 1.82) is 0 Å². The summed E-state index contributed by atoms with van der Waals surface area (Å²) in [5, 5.41) is 0. The molecule has 0 aromatic heterocycles. The molecule has 1 rings (SSSR count). The van der Waals surface area contributed by atoms with Crippen molar-refractivity contribution in [2.45, 2.75) is 12.8 Å². The molecule has 0 aliphatic heterocycles. The molecule has 0 fully saturated rings. The Balaban J connectivity index is 2.73. The maximum atomic E-state index is 13.2. The van der Waals surface area contributed by atoms with Crippen LogP contribution in [0, 0.1) is 5.82 Å². The topological polar surface area (TPSA) is 38.5 Å². The summed E-state index contributed by atoms with van der Waals surface area (Å²) in [7, 11) is 3.70. The zero-order chi connectivity index (χ0) is 12.7. The highest BCUT2D eigenvalue weighted by Crippen LogP contribution is 2.21. The lowest BCUT2D eigenvalue weighted by molar-refractivity contribution is 0.196. The quantitative estimate of drug-likeness (QED) is 0.739. The Kier molecular flexibility index (Phi) is 5.94. The number of hydrogen-bond donors (Lipinski definition) is 1. The first-order chi connectivity index (χ1) is 8.19. The molecule has 1 aromatic carbocycles. The first-order valence-electron chi connectivity index (χ1n) is 5.87. The van der Waals surface area contributed by atoms with Crippen molar-refractivity contribution >= 4 is 5.69 Å². The minimum atomic E-state index is -0.206. The van der Waals surface area contributed by atoms with Gasteiger partial charge in [-0.2, -0.15) is 0 Å². The molecule has 1 aromatic rings. The summed E-state index contributed by atoms with van der Waals surface area (Å²) in [5.41, 5.74) is 7.55. The molecule has 0 amide bonds. The van der Waals surface area contributed by atoms with E-state index in [4.69, 9.17) is 10.5 Å². The van der Waals surface area contributed by atoms with Crippen molar-refractivity contribution in [3.05, 3.63) is 29.6 Å². The van der Waals surface area contributed by atoms with Gasteiger partial charge < -0.3 is 15.4 Å². The first kappa shape index (κ1) is 13.9. The minimum Gasteiger partial charge on any atom is -0.385 e. The smallest absolute Gasteiger partial charge is 0.123 e. The highest BCUT2D eigenvalue weighted by Gasteiger charge is 2.08. The van der Waals surface area contributed by atoms with E-state index in [9.17, 15) is 4.39 Å². The van der Waals surface area contributed by atoms with Crippen LogP contribution in [0.2, 0.25) is 0 Å². The van der Waals surface area contributed by atoms with Crippen LogP contribution in [0.1, 0.15) is 12.0 Å². The molecule has 0 radical (unpaired) electrons. The largest absolute Gasteiger partial charge is 0.385 e. The van der Waals surface area contributed by atoms with Gasteiger partial charge in [-0.05, 0) is 43.1 Å². The number of nitrogens with two attached hydrogens (primary N) is 1. The summed E-state index contributed by atoms with van der Waals surface area (Å²) in [6.07, 6.45) is 1.65. The molecule has 0 saturated heterocycles. The molecule has 96 valence electrons. The van der Waals surface area contributed by atoms with Crippen molar-refractivity contribution in [2.75, 3.05) is 38.8 Å². The molecule has 0 aliphatic carbocycles. The number of rotatable bonds is 7. The Bertz CT molecular complexity index is 344. The summed E-state index contributed by atoms with van der Waals surface area (Å²) < 4.78 is 18.2. The third-order valence-corrected chi connectivity index (χ3v) is 2.71. The zero-order valence-corrected chi connectivity index (χ0v) is 10.6. The van der Waals surface area contributed by atoms with E-state index in [1.807, 2.05) is 13.1 Å². The van der Waals surface area contributed by atoms with E-state index in [1.54, 1.807) is 13.2 Å². The predicted octanol–water partition coefficient (Wildman–Crippen LogP) is 1.80. The van der Waals surface area contributed by atoms with Crippen LogP contribution in [0.25, 0.3) is 0 Å². The maximum Gasteiger partial charge on any atom is 0.123 e. The van der Waals surface area contributed by atoms with Crippen LogP contribution < -0.4 is 10.6 Å². The minimum absolute atomic E-state index is 0.206. The van der Waals surface area contributed by atoms with E-state index in [0.29, 0.717) is 13.0 Å². The van der Waals surface area contributed by atoms with Gasteiger partial charge in [-0.25, -0.2) is 4.39 Å². The molecule has 0 spiro atoms. The van der Waals surface area contributed by atoms with Crippen LogP contribution in [-0.4, -0.2) is 33.9 Å². The summed E-state index contributed by atoms with van der Waals surface area (Å²) >= 11 is 0. The lowest BCUT2D eigenvalue weighted by atomic mass is 10.1. The van der Waals surface area contributed by atoms with Crippen LogP contribution in [-0.2, 0) is 11.2 Å². The number of halogens is 1. The van der Waals surface area contributed by atoms with E-state index >= 15 is 0 Å². The summed E-state index contributed by atoms with van der Waals surface area (Å²) in [6, 6.07) is 4.87. The number of methoxy groups -OCH3 is 1. The number of benzene rings is 1. The Morgan fingerprint density at radius 2 is 2.18 bits per heavy atom. The van der Waals surface area contributed by atoms with Crippen LogP contribution in [0.15, 0.2) is 18.2 Å². The van der Waals surface area contributed by atoms with Gasteiger partial charge in [0.25, 0.3) is 0 Å². The van der Waals surface area contributed by atoms with Crippen molar-refractivity contribution in [1.82, 2.24) is 0 Å². The fourth-order valence-electron chi connectivity index (χ4n) is 1.85. The summed E-state index contributed by atoms with van der Waals surface area (Å²) in [4.78, 5) is 2.11. The lowest BCUT2D eigenvalue weighted by Gasteiger charge is -2.22. The Hall–Kier alpha value is -1.13. The highest BCUT2D eigenvalue weighted by molar-refractivity contribution is 5.53. The molecule has 0 saturated carbocycles. The third-order valence-electron chi connectivity index (χ3n) is 2.71. The molecule has 2 N–H and O–H groups in total. The normalized spacial score (nSPS) is 10.6. The molecule has 0 aliphatic rings. The second-order valence-corrected chi connectivity index (χ2v) is 4.08. The fourth-order valence-corrected chi connectivity index (χ4v) is 1.85. The van der Waals surface area contributed by atoms with E-state index in [2.05, 4.69) is 4.90 Å². The molecule has 4 heteroatoms. The van der Waals surface area contributed by atoms with Gasteiger partial charge in [0.2, 0.25) is 0 Å². The molecule has 3 nitrogen and oxygen atoms in total. The van der Waals surface area contributed by atoms with E-state index < -0.39 is 0 Å². The predicted molar refractivity (Wildman–Crippen MR) is 68.9 cm³/mol. The van der Waals surface area contributed by atoms with Crippen LogP contribution >= 0.6 is 0 Å². The van der Waals surface area contributed by atoms with Gasteiger partial charge in [0, 0.05) is 33.0 Å². The van der Waals surface area contributed by atoms with Gasteiger partial charge >= 0.3 is 0 Å². The lowest BCUT2D eigenvalue weighted by Crippen LogP contribution is -2.21. The second-order valence-electron chi connectivity index (χ2n) is 4.08. The fraction of sp³-hybridized carbons (Fsp3) is 0.538. The van der Waals surface area contributed by atoms with Gasteiger partial charge in [0.05, 0.1) is 0 Å². The summed E-state index contributed by atoms with van der Waals surface area (Å²) in [6.45, 7) is 2.15. The Morgan fingerprint density at radius 1 is 1.41 bits per heavy atom. The van der Waals surface area contributed by atoms with Crippen molar-refractivity contribution in [3.8, 4) is 0 Å². The van der Waals surface area contributed by atoms with Crippen LogP contribution in [0.5, 0.6) is 0 Å². The Morgan fingerprint density at radius 3 is 2.82 bits per heavy atom. The van der Waals surface area contributed by atoms with Gasteiger partial charge in [-0.1, -0.05) is 0 Å². The van der Waals surface area contributed by atoms with E-state index in [1.165, 1.54) is 6.07 Å². The average molecular weight is 240 g/mol. The zero-order valence-electron chi connectivity index (χ0n) is 10.6. The van der Waals surface area contributed by atoms with Crippen molar-refractivity contribution < 1.29 is 9.13 Å². The molecule has 0 unspecified atom stereocenters. The molecule has 0 heterocycles. The Labute approximate surface area is 102 Å². The molecule has 0 bridgehead atoms. The summed E-state index contributed by atoms with van der Waals surface area (Å²) in [5.74, 6) is -0.206. The van der Waals surface area contributed by atoms with E-state index in [0.717, 1.165) is 30.8 Å². The number of hydrogen-bond acceptors (Lipinski definition) is 3. The van der Waals surface area contributed by atoms with Crippen LogP contribution in [0.3, 0.4) is 0 Å². The first-order valence-corrected chi connectivity index (χ1v) is 5.87. The molecule has 17 heavy (non-hydrogen) atoms. The maximum absolute atomic E-state index is 13.2. The second kappa shape index (κ2) is 7.25. The monoisotopic (exact) mass is 240 g/mol. The molecule has 0 atom stereocenters. The van der Waals surface area contributed by atoms with Crippen molar-refractivity contribution in [2.24, 2.45) is 5.73 Å². The van der Waals surface area contributed by atoms with Gasteiger partial charge in [-0.15, -0.1) is 0 Å². The molecular formula is C13H21FN2O. The standard InChI is InChI=1S/C13H21FN2O/c1-16(8-3-9-17-2)13-5-4-12(14)10-11(13)6-7-15/h4-5,10H,3,6-9,15H2,1-2H3. The van der Waals surface area contributed by atoms with Crippen molar-refractivity contribution in [3.63, 3.8) is 0 Å². The number of anilines is 1. The SMILES string of the molecule is COCCCN(C)c1ccc(F)cc1CCN.